The maximum atomic E-state index is 13.2. The molecule has 0 aliphatic carbocycles. The van der Waals surface area contributed by atoms with E-state index >= 15 is 0 Å². The van der Waals surface area contributed by atoms with Gasteiger partial charge in [-0.2, -0.15) is 0 Å². The standard InChI is InChI=1S/C14H16FNO2S2/c1-9-8-12(5-6-13(9)15)20(17,18)16-11(3)14-7-4-10(2)19-14/h4-8,11,16H,1-3H3. The number of hydrogen-bond donors (Lipinski definition) is 1. The van der Waals surface area contributed by atoms with Crippen molar-refractivity contribution in [1.29, 1.82) is 0 Å². The van der Waals surface area contributed by atoms with Crippen LogP contribution in [0, 0.1) is 19.7 Å². The minimum Gasteiger partial charge on any atom is -0.207 e. The van der Waals surface area contributed by atoms with Crippen LogP contribution in [0.2, 0.25) is 0 Å². The smallest absolute Gasteiger partial charge is 0.207 e. The van der Waals surface area contributed by atoms with E-state index < -0.39 is 15.8 Å². The van der Waals surface area contributed by atoms with Crippen LogP contribution in [0.1, 0.15) is 28.3 Å². The van der Waals surface area contributed by atoms with Gasteiger partial charge in [0.15, 0.2) is 0 Å². The zero-order chi connectivity index (χ0) is 14.9. The maximum Gasteiger partial charge on any atom is 0.241 e. The van der Waals surface area contributed by atoms with Crippen molar-refractivity contribution in [3.63, 3.8) is 0 Å². The van der Waals surface area contributed by atoms with Crippen molar-refractivity contribution < 1.29 is 12.8 Å². The molecule has 0 bridgehead atoms. The van der Waals surface area contributed by atoms with Gasteiger partial charge in [0.2, 0.25) is 10.0 Å². The van der Waals surface area contributed by atoms with Gasteiger partial charge in [0, 0.05) is 9.75 Å². The Bertz CT molecular complexity index is 723. The minimum atomic E-state index is -3.65. The van der Waals surface area contributed by atoms with Gasteiger partial charge < -0.3 is 0 Å². The highest BCUT2D eigenvalue weighted by molar-refractivity contribution is 7.89. The van der Waals surface area contributed by atoms with Crippen molar-refractivity contribution in [2.75, 3.05) is 0 Å². The minimum absolute atomic E-state index is 0.0801. The Hall–Kier alpha value is -1.24. The summed E-state index contributed by atoms with van der Waals surface area (Å²) in [5, 5.41) is 0. The lowest BCUT2D eigenvalue weighted by atomic mass is 10.2. The van der Waals surface area contributed by atoms with Gasteiger partial charge in [-0.1, -0.05) is 0 Å². The second-order valence-corrected chi connectivity index (χ2v) is 7.74. The van der Waals surface area contributed by atoms with Crippen molar-refractivity contribution in [1.82, 2.24) is 4.72 Å². The van der Waals surface area contributed by atoms with Crippen molar-refractivity contribution >= 4 is 21.4 Å². The molecule has 2 rings (SSSR count). The molecule has 0 fully saturated rings. The largest absolute Gasteiger partial charge is 0.241 e. The molecule has 20 heavy (non-hydrogen) atoms. The summed E-state index contributed by atoms with van der Waals surface area (Å²) in [5.41, 5.74) is 0.312. The molecule has 3 nitrogen and oxygen atoms in total. The van der Waals surface area contributed by atoms with E-state index in [0.29, 0.717) is 5.56 Å². The summed E-state index contributed by atoms with van der Waals surface area (Å²) in [5.74, 6) is -0.411. The number of thiophene rings is 1. The predicted molar refractivity (Wildman–Crippen MR) is 78.9 cm³/mol. The highest BCUT2D eigenvalue weighted by atomic mass is 32.2. The van der Waals surface area contributed by atoms with Crippen LogP contribution in [0.25, 0.3) is 0 Å². The van der Waals surface area contributed by atoms with Crippen LogP contribution < -0.4 is 4.72 Å². The van der Waals surface area contributed by atoms with Crippen LogP contribution in [0.3, 0.4) is 0 Å². The molecule has 1 atom stereocenters. The summed E-state index contributed by atoms with van der Waals surface area (Å²) in [6.45, 7) is 5.30. The van der Waals surface area contributed by atoms with E-state index in [4.69, 9.17) is 0 Å². The second kappa shape index (κ2) is 5.63. The molecule has 0 saturated heterocycles. The lowest BCUT2D eigenvalue weighted by Crippen LogP contribution is -2.26. The van der Waals surface area contributed by atoms with Crippen LogP contribution in [0.5, 0.6) is 0 Å². The third-order valence-electron chi connectivity index (χ3n) is 2.96. The number of benzene rings is 1. The van der Waals surface area contributed by atoms with Gasteiger partial charge in [-0.25, -0.2) is 17.5 Å². The maximum absolute atomic E-state index is 13.2. The van der Waals surface area contributed by atoms with E-state index in [1.807, 2.05) is 19.1 Å². The first-order valence-corrected chi connectivity index (χ1v) is 8.44. The predicted octanol–water partition coefficient (Wildman–Crippen LogP) is 3.54. The Kier molecular flexibility index (Phi) is 4.27. The monoisotopic (exact) mass is 313 g/mol. The fraction of sp³-hybridized carbons (Fsp3) is 0.286. The average Bonchev–Trinajstić information content (AvgIpc) is 2.79. The molecule has 0 radical (unpaired) electrons. The highest BCUT2D eigenvalue weighted by Crippen LogP contribution is 2.24. The molecule has 6 heteroatoms. The fourth-order valence-electron chi connectivity index (χ4n) is 1.83. The summed E-state index contributed by atoms with van der Waals surface area (Å²) < 4.78 is 40.3. The average molecular weight is 313 g/mol. The molecule has 0 spiro atoms. The van der Waals surface area contributed by atoms with Crippen LogP contribution in [0.4, 0.5) is 4.39 Å². The Morgan fingerprint density at radius 2 is 1.90 bits per heavy atom. The number of rotatable bonds is 4. The number of sulfonamides is 1. The first-order chi connectivity index (χ1) is 9.29. The van der Waals surface area contributed by atoms with Crippen LogP contribution >= 0.6 is 11.3 Å². The Morgan fingerprint density at radius 1 is 1.20 bits per heavy atom. The lowest BCUT2D eigenvalue weighted by Gasteiger charge is -2.13. The Morgan fingerprint density at radius 3 is 2.45 bits per heavy atom. The molecule has 1 aromatic carbocycles. The molecule has 1 unspecified atom stereocenters. The van der Waals surface area contributed by atoms with Crippen molar-refractivity contribution in [2.24, 2.45) is 0 Å². The van der Waals surface area contributed by atoms with Crippen LogP contribution in [-0.2, 0) is 10.0 Å². The van der Waals surface area contributed by atoms with Crippen molar-refractivity contribution in [3.8, 4) is 0 Å². The Labute approximate surface area is 122 Å². The molecule has 0 amide bonds. The third kappa shape index (κ3) is 3.26. The topological polar surface area (TPSA) is 46.2 Å². The molecule has 1 N–H and O–H groups in total. The van der Waals surface area contributed by atoms with Gasteiger partial charge in [0.25, 0.3) is 0 Å². The normalized spacial score (nSPS) is 13.4. The summed E-state index contributed by atoms with van der Waals surface area (Å²) in [6, 6.07) is 7.32. The molecule has 0 aliphatic rings. The SMILES string of the molecule is Cc1ccc(C(C)NS(=O)(=O)c2ccc(F)c(C)c2)s1. The summed E-state index contributed by atoms with van der Waals surface area (Å²) >= 11 is 1.55. The molecular formula is C14H16FNO2S2. The number of halogens is 1. The first-order valence-electron chi connectivity index (χ1n) is 6.14. The van der Waals surface area contributed by atoms with Crippen LogP contribution in [0.15, 0.2) is 35.2 Å². The molecule has 0 saturated carbocycles. The molecule has 1 heterocycles. The molecule has 0 aliphatic heterocycles. The van der Waals surface area contributed by atoms with Gasteiger partial charge in [-0.3, -0.25) is 0 Å². The van der Waals surface area contributed by atoms with Gasteiger partial charge in [-0.05, 0) is 56.7 Å². The highest BCUT2D eigenvalue weighted by Gasteiger charge is 2.19. The number of aryl methyl sites for hydroxylation is 2. The zero-order valence-corrected chi connectivity index (χ0v) is 13.1. The quantitative estimate of drug-likeness (QED) is 0.938. The molecular weight excluding hydrogens is 297 g/mol. The second-order valence-electron chi connectivity index (χ2n) is 4.70. The van der Waals surface area contributed by atoms with Gasteiger partial charge in [0.1, 0.15) is 5.82 Å². The first kappa shape index (κ1) is 15.2. The van der Waals surface area contributed by atoms with E-state index in [9.17, 15) is 12.8 Å². The summed E-state index contributed by atoms with van der Waals surface area (Å²) in [7, 11) is -3.65. The van der Waals surface area contributed by atoms with Gasteiger partial charge >= 0.3 is 0 Å². The van der Waals surface area contributed by atoms with Crippen molar-refractivity contribution in [2.45, 2.75) is 31.7 Å². The molecule has 2 aromatic rings. The number of hydrogen-bond acceptors (Lipinski definition) is 3. The van der Waals surface area contributed by atoms with Gasteiger partial charge in [-0.15, -0.1) is 11.3 Å². The number of nitrogens with one attached hydrogen (secondary N) is 1. The van der Waals surface area contributed by atoms with E-state index in [1.165, 1.54) is 18.2 Å². The third-order valence-corrected chi connectivity index (χ3v) is 5.68. The zero-order valence-electron chi connectivity index (χ0n) is 11.5. The van der Waals surface area contributed by atoms with E-state index in [-0.39, 0.29) is 10.9 Å². The molecule has 1 aromatic heterocycles. The van der Waals surface area contributed by atoms with Gasteiger partial charge in [0.05, 0.1) is 10.9 Å². The van der Waals surface area contributed by atoms with Crippen molar-refractivity contribution in [3.05, 3.63) is 51.5 Å². The van der Waals surface area contributed by atoms with E-state index in [0.717, 1.165) is 9.75 Å². The van der Waals surface area contributed by atoms with E-state index in [1.54, 1.807) is 25.2 Å². The van der Waals surface area contributed by atoms with E-state index in [2.05, 4.69) is 4.72 Å². The fourth-order valence-corrected chi connectivity index (χ4v) is 4.09. The summed E-state index contributed by atoms with van der Waals surface area (Å²) in [6.07, 6.45) is 0. The lowest BCUT2D eigenvalue weighted by molar-refractivity contribution is 0.567. The Balaban J connectivity index is 2.24. The molecule has 108 valence electrons. The summed E-state index contributed by atoms with van der Waals surface area (Å²) in [4.78, 5) is 2.16. The van der Waals surface area contributed by atoms with Crippen LogP contribution in [-0.4, -0.2) is 8.42 Å².